The minimum Gasteiger partial charge on any atom is -0.352 e. The van der Waals surface area contributed by atoms with Crippen molar-refractivity contribution in [3.05, 3.63) is 35.4 Å². The van der Waals surface area contributed by atoms with Crippen molar-refractivity contribution in [1.29, 1.82) is 0 Å². The van der Waals surface area contributed by atoms with Crippen LogP contribution < -0.4 is 5.32 Å². The second kappa shape index (κ2) is 8.47. The van der Waals surface area contributed by atoms with Gasteiger partial charge in [0.1, 0.15) is 0 Å². The summed E-state index contributed by atoms with van der Waals surface area (Å²) < 4.78 is 0. The molecular weight excluding hydrogens is 306 g/mol. The highest BCUT2D eigenvalue weighted by atomic mass is 16.2. The molecule has 0 unspecified atom stereocenters. The maximum absolute atomic E-state index is 12.5. The molecule has 1 N–H and O–H groups in total. The van der Waals surface area contributed by atoms with Crippen LogP contribution in [-0.4, -0.2) is 60.2 Å². The lowest BCUT2D eigenvalue weighted by Gasteiger charge is -2.34. The van der Waals surface area contributed by atoms with Gasteiger partial charge in [-0.3, -0.25) is 14.4 Å². The minimum absolute atomic E-state index is 0.0422. The molecular formula is C18H25N3O3. The molecule has 0 atom stereocenters. The van der Waals surface area contributed by atoms with Crippen LogP contribution in [0.5, 0.6) is 0 Å². The van der Waals surface area contributed by atoms with E-state index in [-0.39, 0.29) is 17.7 Å². The van der Waals surface area contributed by atoms with Crippen LogP contribution >= 0.6 is 0 Å². The molecule has 6 heteroatoms. The van der Waals surface area contributed by atoms with E-state index < -0.39 is 0 Å². The molecule has 0 saturated carbocycles. The van der Waals surface area contributed by atoms with Gasteiger partial charge in [0, 0.05) is 50.8 Å². The molecule has 0 radical (unpaired) electrons. The van der Waals surface area contributed by atoms with Crippen LogP contribution in [0.2, 0.25) is 0 Å². The van der Waals surface area contributed by atoms with E-state index in [1.54, 1.807) is 41.0 Å². The average molecular weight is 331 g/mol. The summed E-state index contributed by atoms with van der Waals surface area (Å²) in [5, 5.41) is 2.86. The van der Waals surface area contributed by atoms with Crippen LogP contribution in [-0.2, 0) is 4.79 Å². The van der Waals surface area contributed by atoms with Crippen LogP contribution in [0.4, 0.5) is 0 Å². The van der Waals surface area contributed by atoms with Gasteiger partial charge in [0.25, 0.3) is 11.8 Å². The normalized spacial score (nSPS) is 14.4. The summed E-state index contributed by atoms with van der Waals surface area (Å²) in [6, 6.07) is 6.74. The van der Waals surface area contributed by atoms with E-state index in [1.165, 1.54) is 0 Å². The highest BCUT2D eigenvalue weighted by Gasteiger charge is 2.23. The molecule has 1 aromatic carbocycles. The molecule has 130 valence electrons. The first-order chi connectivity index (χ1) is 11.5. The monoisotopic (exact) mass is 331 g/mol. The second-order valence-corrected chi connectivity index (χ2v) is 5.99. The van der Waals surface area contributed by atoms with Crippen molar-refractivity contribution in [2.75, 3.05) is 32.7 Å². The molecule has 0 bridgehead atoms. The Hall–Kier alpha value is -2.37. The summed E-state index contributed by atoms with van der Waals surface area (Å²) in [4.78, 5) is 39.3. The second-order valence-electron chi connectivity index (χ2n) is 5.99. The van der Waals surface area contributed by atoms with Gasteiger partial charge in [0.15, 0.2) is 0 Å². The highest BCUT2D eigenvalue weighted by molar-refractivity contribution is 5.97. The first kappa shape index (κ1) is 18.0. The Kier molecular flexibility index (Phi) is 6.35. The van der Waals surface area contributed by atoms with Crippen molar-refractivity contribution in [3.63, 3.8) is 0 Å². The lowest BCUT2D eigenvalue weighted by Crippen LogP contribution is -2.50. The first-order valence-electron chi connectivity index (χ1n) is 8.46. The number of benzene rings is 1. The van der Waals surface area contributed by atoms with E-state index >= 15 is 0 Å². The van der Waals surface area contributed by atoms with E-state index in [2.05, 4.69) is 12.2 Å². The van der Waals surface area contributed by atoms with Crippen LogP contribution in [0.15, 0.2) is 24.3 Å². The standard InChI is InChI=1S/C18H25N3O3/c1-3-4-9-19-17(23)15-5-7-16(8-6-15)18(24)21-12-10-20(11-13-21)14(2)22/h5-8H,3-4,9-13H2,1-2H3,(H,19,23). The Morgan fingerprint density at radius 1 is 0.958 bits per heavy atom. The molecule has 2 rings (SSSR count). The fourth-order valence-electron chi connectivity index (χ4n) is 2.65. The van der Waals surface area contributed by atoms with Gasteiger partial charge in [-0.05, 0) is 30.7 Å². The quantitative estimate of drug-likeness (QED) is 0.832. The molecule has 1 aliphatic rings. The average Bonchev–Trinajstić information content (AvgIpc) is 2.61. The van der Waals surface area contributed by atoms with Crippen LogP contribution in [0, 0.1) is 0 Å². The number of unbranched alkanes of at least 4 members (excludes halogenated alkanes) is 1. The Morgan fingerprint density at radius 3 is 2.04 bits per heavy atom. The maximum atomic E-state index is 12.5. The van der Waals surface area contributed by atoms with Gasteiger partial charge in [0.2, 0.25) is 5.91 Å². The largest absolute Gasteiger partial charge is 0.352 e. The number of hydrogen-bond donors (Lipinski definition) is 1. The maximum Gasteiger partial charge on any atom is 0.253 e. The van der Waals surface area contributed by atoms with Gasteiger partial charge in [-0.2, -0.15) is 0 Å². The summed E-state index contributed by atoms with van der Waals surface area (Å²) >= 11 is 0. The molecule has 1 saturated heterocycles. The third kappa shape index (κ3) is 4.57. The third-order valence-electron chi connectivity index (χ3n) is 4.22. The molecule has 1 fully saturated rings. The molecule has 1 aromatic rings. The molecule has 3 amide bonds. The van der Waals surface area contributed by atoms with Gasteiger partial charge in [-0.15, -0.1) is 0 Å². The summed E-state index contributed by atoms with van der Waals surface area (Å²) in [5.74, 6) is -0.130. The number of nitrogens with one attached hydrogen (secondary N) is 1. The number of amides is 3. The smallest absolute Gasteiger partial charge is 0.253 e. The van der Waals surface area contributed by atoms with Gasteiger partial charge in [-0.1, -0.05) is 13.3 Å². The Bertz CT molecular complexity index is 590. The first-order valence-corrected chi connectivity index (χ1v) is 8.46. The highest BCUT2D eigenvalue weighted by Crippen LogP contribution is 2.11. The van der Waals surface area contributed by atoms with Gasteiger partial charge in [-0.25, -0.2) is 0 Å². The predicted molar refractivity (Wildman–Crippen MR) is 91.8 cm³/mol. The molecule has 0 aliphatic carbocycles. The SMILES string of the molecule is CCCCNC(=O)c1ccc(C(=O)N2CCN(C(C)=O)CC2)cc1. The zero-order valence-corrected chi connectivity index (χ0v) is 14.4. The van der Waals surface area contributed by atoms with Crippen molar-refractivity contribution < 1.29 is 14.4 Å². The van der Waals surface area contributed by atoms with E-state index in [9.17, 15) is 14.4 Å². The number of carbonyl (C=O) groups is 3. The Balaban J connectivity index is 1.92. The van der Waals surface area contributed by atoms with E-state index in [4.69, 9.17) is 0 Å². The summed E-state index contributed by atoms with van der Waals surface area (Å²) in [5.41, 5.74) is 1.13. The van der Waals surface area contributed by atoms with Gasteiger partial charge >= 0.3 is 0 Å². The number of nitrogens with zero attached hydrogens (tertiary/aromatic N) is 2. The van der Waals surface area contributed by atoms with Gasteiger partial charge < -0.3 is 15.1 Å². The van der Waals surface area contributed by atoms with Crippen molar-refractivity contribution in [2.45, 2.75) is 26.7 Å². The van der Waals surface area contributed by atoms with E-state index in [0.29, 0.717) is 43.9 Å². The molecule has 0 aromatic heterocycles. The summed E-state index contributed by atoms with van der Waals surface area (Å²) in [7, 11) is 0. The molecule has 1 heterocycles. The molecule has 0 spiro atoms. The minimum atomic E-state index is -0.113. The van der Waals surface area contributed by atoms with Crippen molar-refractivity contribution in [1.82, 2.24) is 15.1 Å². The lowest BCUT2D eigenvalue weighted by atomic mass is 10.1. The Morgan fingerprint density at radius 2 is 1.50 bits per heavy atom. The zero-order chi connectivity index (χ0) is 17.5. The predicted octanol–water partition coefficient (Wildman–Crippen LogP) is 1.52. The fourth-order valence-corrected chi connectivity index (χ4v) is 2.65. The van der Waals surface area contributed by atoms with Gasteiger partial charge in [0.05, 0.1) is 0 Å². The topological polar surface area (TPSA) is 69.7 Å². The Labute approximate surface area is 142 Å². The zero-order valence-electron chi connectivity index (χ0n) is 14.4. The van der Waals surface area contributed by atoms with Crippen molar-refractivity contribution >= 4 is 17.7 Å². The fraction of sp³-hybridized carbons (Fsp3) is 0.500. The molecule has 1 aliphatic heterocycles. The van der Waals surface area contributed by atoms with E-state index in [0.717, 1.165) is 12.8 Å². The number of piperazine rings is 1. The molecule has 24 heavy (non-hydrogen) atoms. The van der Waals surface area contributed by atoms with Crippen molar-refractivity contribution in [3.8, 4) is 0 Å². The number of carbonyl (C=O) groups excluding carboxylic acids is 3. The summed E-state index contributed by atoms with van der Waals surface area (Å²) in [6.45, 7) is 6.49. The lowest BCUT2D eigenvalue weighted by molar-refractivity contribution is -0.130. The van der Waals surface area contributed by atoms with Crippen molar-refractivity contribution in [2.24, 2.45) is 0 Å². The van der Waals surface area contributed by atoms with E-state index in [1.807, 2.05) is 0 Å². The van der Waals surface area contributed by atoms with Crippen LogP contribution in [0.3, 0.4) is 0 Å². The molecule has 6 nitrogen and oxygen atoms in total. The third-order valence-corrected chi connectivity index (χ3v) is 4.22. The summed E-state index contributed by atoms with van der Waals surface area (Å²) in [6.07, 6.45) is 1.99. The number of rotatable bonds is 5. The van der Waals surface area contributed by atoms with Crippen LogP contribution in [0.25, 0.3) is 0 Å². The van der Waals surface area contributed by atoms with Crippen LogP contribution in [0.1, 0.15) is 47.4 Å². The number of hydrogen-bond acceptors (Lipinski definition) is 3.